The molecule has 0 saturated heterocycles. The number of aliphatic carboxylic acids is 1. The van der Waals surface area contributed by atoms with Crippen molar-refractivity contribution in [3.63, 3.8) is 0 Å². The van der Waals surface area contributed by atoms with E-state index in [0.29, 0.717) is 18.7 Å². The number of nitrogens with one attached hydrogen (secondary N) is 2. The lowest BCUT2D eigenvalue weighted by Gasteiger charge is -2.13. The molecule has 112 valence electrons. The number of urea groups is 1. The van der Waals surface area contributed by atoms with Gasteiger partial charge in [-0.3, -0.25) is 4.68 Å². The number of amides is 2. The maximum absolute atomic E-state index is 11.7. The first-order valence-corrected chi connectivity index (χ1v) is 6.27. The van der Waals surface area contributed by atoms with Crippen LogP contribution in [-0.4, -0.2) is 43.0 Å². The SMILES string of the molecule is Cn1cc(C(NC(=O)NCCn2ccnc2)C(=O)O)cn1. The van der Waals surface area contributed by atoms with Crippen molar-refractivity contribution in [1.82, 2.24) is 30.0 Å². The Morgan fingerprint density at radius 3 is 2.86 bits per heavy atom. The molecule has 1 atom stereocenters. The zero-order valence-electron chi connectivity index (χ0n) is 11.4. The Hall–Kier alpha value is -2.84. The largest absolute Gasteiger partial charge is 0.479 e. The maximum Gasteiger partial charge on any atom is 0.331 e. The van der Waals surface area contributed by atoms with E-state index in [2.05, 4.69) is 20.7 Å². The van der Waals surface area contributed by atoms with Gasteiger partial charge in [0.05, 0.1) is 12.5 Å². The van der Waals surface area contributed by atoms with Crippen LogP contribution < -0.4 is 10.6 Å². The number of carbonyl (C=O) groups excluding carboxylic acids is 1. The molecule has 0 saturated carbocycles. The lowest BCUT2D eigenvalue weighted by molar-refractivity contribution is -0.139. The summed E-state index contributed by atoms with van der Waals surface area (Å²) >= 11 is 0. The summed E-state index contributed by atoms with van der Waals surface area (Å²) in [7, 11) is 1.67. The highest BCUT2D eigenvalue weighted by Crippen LogP contribution is 2.11. The van der Waals surface area contributed by atoms with Crippen molar-refractivity contribution in [3.8, 4) is 0 Å². The van der Waals surface area contributed by atoms with Gasteiger partial charge in [0.15, 0.2) is 6.04 Å². The number of carboxylic acid groups (broad SMARTS) is 1. The van der Waals surface area contributed by atoms with Gasteiger partial charge in [0.25, 0.3) is 0 Å². The topological polar surface area (TPSA) is 114 Å². The van der Waals surface area contributed by atoms with Gasteiger partial charge >= 0.3 is 12.0 Å². The van der Waals surface area contributed by atoms with Gasteiger partial charge in [-0.05, 0) is 0 Å². The van der Waals surface area contributed by atoms with Gasteiger partial charge in [-0.1, -0.05) is 0 Å². The van der Waals surface area contributed by atoms with Gasteiger partial charge in [0.1, 0.15) is 0 Å². The highest BCUT2D eigenvalue weighted by Gasteiger charge is 2.23. The van der Waals surface area contributed by atoms with Crippen molar-refractivity contribution in [1.29, 1.82) is 0 Å². The van der Waals surface area contributed by atoms with Gasteiger partial charge in [-0.25, -0.2) is 14.6 Å². The summed E-state index contributed by atoms with van der Waals surface area (Å²) in [4.78, 5) is 26.8. The third-order valence-electron chi connectivity index (χ3n) is 2.80. The fourth-order valence-corrected chi connectivity index (χ4v) is 1.78. The molecule has 0 bridgehead atoms. The van der Waals surface area contributed by atoms with E-state index in [4.69, 9.17) is 5.11 Å². The highest BCUT2D eigenvalue weighted by molar-refractivity contribution is 5.83. The van der Waals surface area contributed by atoms with Crippen LogP contribution >= 0.6 is 0 Å². The number of rotatable bonds is 6. The van der Waals surface area contributed by atoms with Crippen molar-refractivity contribution in [2.75, 3.05) is 6.54 Å². The Balaban J connectivity index is 1.85. The Morgan fingerprint density at radius 1 is 1.48 bits per heavy atom. The fraction of sp³-hybridized carbons (Fsp3) is 0.333. The lowest BCUT2D eigenvalue weighted by Crippen LogP contribution is -2.41. The van der Waals surface area contributed by atoms with Gasteiger partial charge in [-0.2, -0.15) is 5.10 Å². The minimum Gasteiger partial charge on any atom is -0.479 e. The summed E-state index contributed by atoms with van der Waals surface area (Å²) in [5, 5.41) is 18.1. The molecule has 0 fully saturated rings. The molecule has 0 radical (unpaired) electrons. The molecule has 1 unspecified atom stereocenters. The van der Waals surface area contributed by atoms with E-state index in [1.807, 2.05) is 0 Å². The van der Waals surface area contributed by atoms with Crippen LogP contribution in [0.4, 0.5) is 4.79 Å². The fourth-order valence-electron chi connectivity index (χ4n) is 1.78. The molecule has 9 nitrogen and oxygen atoms in total. The molecule has 2 rings (SSSR count). The second-order valence-electron chi connectivity index (χ2n) is 4.42. The maximum atomic E-state index is 11.7. The molecule has 21 heavy (non-hydrogen) atoms. The van der Waals surface area contributed by atoms with Gasteiger partial charge in [0.2, 0.25) is 0 Å². The molecule has 0 aromatic carbocycles. The number of aromatic nitrogens is 4. The van der Waals surface area contributed by atoms with E-state index in [-0.39, 0.29) is 0 Å². The lowest BCUT2D eigenvalue weighted by atomic mass is 10.1. The number of hydrogen-bond donors (Lipinski definition) is 3. The summed E-state index contributed by atoms with van der Waals surface area (Å²) in [6.45, 7) is 0.916. The van der Waals surface area contributed by atoms with Gasteiger partial charge in [0, 0.05) is 44.3 Å². The normalized spacial score (nSPS) is 11.9. The number of aryl methyl sites for hydroxylation is 1. The molecule has 0 spiro atoms. The first kappa shape index (κ1) is 14.6. The molecule has 0 aliphatic rings. The number of imidazole rings is 1. The second-order valence-corrected chi connectivity index (χ2v) is 4.42. The predicted molar refractivity (Wildman–Crippen MR) is 72.3 cm³/mol. The molecule has 2 amide bonds. The van der Waals surface area contributed by atoms with Crippen LogP contribution in [0.1, 0.15) is 11.6 Å². The number of carboxylic acids is 1. The van der Waals surface area contributed by atoms with Gasteiger partial charge in [-0.15, -0.1) is 0 Å². The average Bonchev–Trinajstić information content (AvgIpc) is 3.07. The summed E-state index contributed by atoms with van der Waals surface area (Å²) in [6, 6.07) is -1.68. The van der Waals surface area contributed by atoms with Crippen LogP contribution in [0.5, 0.6) is 0 Å². The van der Waals surface area contributed by atoms with Crippen LogP contribution in [-0.2, 0) is 18.4 Å². The van der Waals surface area contributed by atoms with Crippen molar-refractivity contribution >= 4 is 12.0 Å². The van der Waals surface area contributed by atoms with Crippen molar-refractivity contribution < 1.29 is 14.7 Å². The summed E-state index contributed by atoms with van der Waals surface area (Å²) < 4.78 is 3.28. The monoisotopic (exact) mass is 292 g/mol. The number of hydrogen-bond acceptors (Lipinski definition) is 4. The minimum absolute atomic E-state index is 0.363. The zero-order valence-corrected chi connectivity index (χ0v) is 11.4. The van der Waals surface area contributed by atoms with E-state index < -0.39 is 18.0 Å². The van der Waals surface area contributed by atoms with Gasteiger partial charge < -0.3 is 20.3 Å². The minimum atomic E-state index is -1.15. The molecule has 2 aromatic rings. The van der Waals surface area contributed by atoms with Crippen molar-refractivity contribution in [2.45, 2.75) is 12.6 Å². The van der Waals surface area contributed by atoms with E-state index in [1.54, 1.807) is 36.5 Å². The van der Waals surface area contributed by atoms with Crippen LogP contribution in [0, 0.1) is 0 Å². The van der Waals surface area contributed by atoms with Crippen molar-refractivity contribution in [3.05, 3.63) is 36.7 Å². The zero-order chi connectivity index (χ0) is 15.2. The van der Waals surface area contributed by atoms with E-state index in [1.165, 1.54) is 10.9 Å². The van der Waals surface area contributed by atoms with Crippen LogP contribution in [0.2, 0.25) is 0 Å². The molecular weight excluding hydrogens is 276 g/mol. The number of carbonyl (C=O) groups is 2. The highest BCUT2D eigenvalue weighted by atomic mass is 16.4. The molecule has 2 aromatic heterocycles. The number of nitrogens with zero attached hydrogens (tertiary/aromatic N) is 4. The predicted octanol–water partition coefficient (Wildman–Crippen LogP) is -0.258. The Kier molecular flexibility index (Phi) is 4.54. The Morgan fingerprint density at radius 2 is 2.29 bits per heavy atom. The standard InChI is InChI=1S/C12H16N6O3/c1-17-7-9(6-15-17)10(11(19)20)16-12(21)14-3-5-18-4-2-13-8-18/h2,4,6-8,10H,3,5H2,1H3,(H,19,20)(H2,14,16,21). The molecular formula is C12H16N6O3. The van der Waals surface area contributed by atoms with Crippen LogP contribution in [0.3, 0.4) is 0 Å². The molecule has 0 aliphatic carbocycles. The molecule has 3 N–H and O–H groups in total. The van der Waals surface area contributed by atoms with E-state index in [0.717, 1.165) is 0 Å². The summed E-state index contributed by atoms with van der Waals surface area (Å²) in [6.07, 6.45) is 8.00. The molecule has 9 heteroatoms. The molecule has 2 heterocycles. The van der Waals surface area contributed by atoms with E-state index >= 15 is 0 Å². The van der Waals surface area contributed by atoms with E-state index in [9.17, 15) is 9.59 Å². The summed E-state index contributed by atoms with van der Waals surface area (Å²) in [5.74, 6) is -1.15. The van der Waals surface area contributed by atoms with Crippen LogP contribution in [0.15, 0.2) is 31.1 Å². The third kappa shape index (κ3) is 4.06. The van der Waals surface area contributed by atoms with Crippen molar-refractivity contribution in [2.24, 2.45) is 7.05 Å². The van der Waals surface area contributed by atoms with Crippen LogP contribution in [0.25, 0.3) is 0 Å². The first-order valence-electron chi connectivity index (χ1n) is 6.27. The quantitative estimate of drug-likeness (QED) is 0.679. The first-order chi connectivity index (χ1) is 10.1. The second kappa shape index (κ2) is 6.55. The molecule has 0 aliphatic heterocycles. The smallest absolute Gasteiger partial charge is 0.331 e. The Bertz CT molecular complexity index is 606. The average molecular weight is 292 g/mol. The summed E-state index contributed by atoms with van der Waals surface area (Å²) in [5.41, 5.74) is 0.412. The third-order valence-corrected chi connectivity index (χ3v) is 2.80. The Labute approximate surface area is 120 Å².